The van der Waals surface area contributed by atoms with Crippen molar-refractivity contribution >= 4 is 23.1 Å². The lowest BCUT2D eigenvalue weighted by molar-refractivity contribution is -0.384. The lowest BCUT2D eigenvalue weighted by Gasteiger charge is -2.40. The Balaban J connectivity index is 2.15. The Kier molecular flexibility index (Phi) is 3.75. The Morgan fingerprint density at radius 1 is 1.56 bits per heavy atom. The first-order chi connectivity index (χ1) is 8.58. The number of halogens is 1. The maximum Gasteiger partial charge on any atom is 0.295 e. The second-order valence-corrected chi connectivity index (χ2v) is 5.76. The molecule has 1 fully saturated rings. The van der Waals surface area contributed by atoms with Gasteiger partial charge < -0.3 is 5.32 Å². The van der Waals surface area contributed by atoms with Gasteiger partial charge in [-0.25, -0.2) is 4.39 Å². The quantitative estimate of drug-likeness (QED) is 0.658. The summed E-state index contributed by atoms with van der Waals surface area (Å²) in [6.45, 7) is 0.565. The van der Waals surface area contributed by atoms with E-state index in [0.717, 1.165) is 12.8 Å². The summed E-state index contributed by atoms with van der Waals surface area (Å²) in [6, 6.07) is 3.91. The van der Waals surface area contributed by atoms with Crippen LogP contribution in [0.2, 0.25) is 0 Å². The second kappa shape index (κ2) is 5.14. The maximum absolute atomic E-state index is 13.6. The van der Waals surface area contributed by atoms with E-state index in [1.807, 2.05) is 6.26 Å². The van der Waals surface area contributed by atoms with Gasteiger partial charge in [-0.3, -0.25) is 10.1 Å². The van der Waals surface area contributed by atoms with Gasteiger partial charge in [0.1, 0.15) is 5.69 Å². The highest BCUT2D eigenvalue weighted by Gasteiger charge is 2.36. The van der Waals surface area contributed by atoms with Crippen LogP contribution in [0, 0.1) is 15.9 Å². The van der Waals surface area contributed by atoms with Gasteiger partial charge in [-0.05, 0) is 25.2 Å². The summed E-state index contributed by atoms with van der Waals surface area (Å²) >= 11 is 1.74. The number of hydrogen-bond acceptors (Lipinski definition) is 4. The predicted molar refractivity (Wildman–Crippen MR) is 71.6 cm³/mol. The molecule has 0 heterocycles. The number of nitrogens with zero attached hydrogens (tertiary/aromatic N) is 1. The van der Waals surface area contributed by atoms with Gasteiger partial charge in [0.25, 0.3) is 5.69 Å². The molecule has 0 aromatic heterocycles. The van der Waals surface area contributed by atoms with Crippen molar-refractivity contribution in [3.05, 3.63) is 34.1 Å². The van der Waals surface area contributed by atoms with Crippen molar-refractivity contribution in [2.24, 2.45) is 0 Å². The van der Waals surface area contributed by atoms with Gasteiger partial charge in [-0.15, -0.1) is 0 Å². The number of nitro benzene ring substituents is 1. The van der Waals surface area contributed by atoms with Crippen molar-refractivity contribution < 1.29 is 9.31 Å². The normalized spacial score (nSPS) is 17.0. The Morgan fingerprint density at radius 3 is 2.78 bits per heavy atom. The molecule has 4 nitrogen and oxygen atoms in total. The number of rotatable bonds is 5. The zero-order valence-electron chi connectivity index (χ0n) is 10.1. The molecule has 0 saturated heterocycles. The van der Waals surface area contributed by atoms with Gasteiger partial charge in [0.2, 0.25) is 0 Å². The maximum atomic E-state index is 13.6. The highest BCUT2D eigenvalue weighted by molar-refractivity contribution is 8.00. The number of nitro groups is 1. The molecule has 0 radical (unpaired) electrons. The minimum absolute atomic E-state index is 0.00262. The van der Waals surface area contributed by atoms with E-state index >= 15 is 0 Å². The smallest absolute Gasteiger partial charge is 0.295 e. The topological polar surface area (TPSA) is 55.2 Å². The van der Waals surface area contributed by atoms with E-state index in [9.17, 15) is 14.5 Å². The van der Waals surface area contributed by atoms with E-state index in [2.05, 4.69) is 5.32 Å². The molecule has 1 aromatic rings. The standard InChI is InChI=1S/C12H15FN2O2S/c1-18-12(6-3-7-12)8-14-11-9(13)4-2-5-10(11)15(16)17/h2,4-5,14H,3,6-8H2,1H3. The van der Waals surface area contributed by atoms with Crippen LogP contribution in [0.15, 0.2) is 18.2 Å². The van der Waals surface area contributed by atoms with Crippen LogP contribution in [0.4, 0.5) is 15.8 Å². The number of anilines is 1. The van der Waals surface area contributed by atoms with E-state index in [-0.39, 0.29) is 16.1 Å². The Bertz CT molecular complexity index is 458. The molecule has 0 amide bonds. The van der Waals surface area contributed by atoms with Gasteiger partial charge in [0, 0.05) is 17.4 Å². The average molecular weight is 270 g/mol. The number of benzene rings is 1. The minimum atomic E-state index is -0.570. The molecule has 0 unspecified atom stereocenters. The highest BCUT2D eigenvalue weighted by Crippen LogP contribution is 2.43. The number of hydrogen-bond donors (Lipinski definition) is 1. The third-order valence-electron chi connectivity index (χ3n) is 3.47. The van der Waals surface area contributed by atoms with E-state index in [1.165, 1.54) is 24.6 Å². The summed E-state index contributed by atoms with van der Waals surface area (Å²) in [6.07, 6.45) is 5.34. The van der Waals surface area contributed by atoms with Gasteiger partial charge in [0.05, 0.1) is 4.92 Å². The fourth-order valence-electron chi connectivity index (χ4n) is 2.11. The number of thioether (sulfide) groups is 1. The molecule has 98 valence electrons. The molecular weight excluding hydrogens is 255 g/mol. The summed E-state index contributed by atoms with van der Waals surface area (Å²) in [5.41, 5.74) is -0.201. The van der Waals surface area contributed by atoms with Crippen molar-refractivity contribution in [1.82, 2.24) is 0 Å². The first kappa shape index (κ1) is 13.1. The summed E-state index contributed by atoms with van der Waals surface area (Å²) in [5, 5.41) is 13.8. The third-order valence-corrected chi connectivity index (χ3v) is 4.89. The van der Waals surface area contributed by atoms with Crippen LogP contribution >= 0.6 is 11.8 Å². The van der Waals surface area contributed by atoms with Crippen LogP contribution in [0.25, 0.3) is 0 Å². The fraction of sp³-hybridized carbons (Fsp3) is 0.500. The van der Waals surface area contributed by atoms with Crippen molar-refractivity contribution in [1.29, 1.82) is 0 Å². The predicted octanol–water partition coefficient (Wildman–Crippen LogP) is 3.43. The monoisotopic (exact) mass is 270 g/mol. The molecule has 18 heavy (non-hydrogen) atoms. The largest absolute Gasteiger partial charge is 0.376 e. The lowest BCUT2D eigenvalue weighted by atomic mass is 9.84. The Labute approximate surface area is 109 Å². The van der Waals surface area contributed by atoms with Crippen molar-refractivity contribution in [3.8, 4) is 0 Å². The van der Waals surface area contributed by atoms with Crippen molar-refractivity contribution in [3.63, 3.8) is 0 Å². The van der Waals surface area contributed by atoms with Crippen molar-refractivity contribution in [2.45, 2.75) is 24.0 Å². The van der Waals surface area contributed by atoms with Crippen LogP contribution in [0.1, 0.15) is 19.3 Å². The molecule has 1 aromatic carbocycles. The number of nitrogens with one attached hydrogen (secondary N) is 1. The van der Waals surface area contributed by atoms with Gasteiger partial charge in [-0.2, -0.15) is 11.8 Å². The van der Waals surface area contributed by atoms with Gasteiger partial charge in [0.15, 0.2) is 5.82 Å². The van der Waals surface area contributed by atoms with Gasteiger partial charge in [-0.1, -0.05) is 12.5 Å². The van der Waals surface area contributed by atoms with Crippen LogP contribution in [-0.2, 0) is 0 Å². The van der Waals surface area contributed by atoms with Crippen LogP contribution in [0.5, 0.6) is 0 Å². The zero-order valence-corrected chi connectivity index (χ0v) is 10.9. The molecule has 1 saturated carbocycles. The minimum Gasteiger partial charge on any atom is -0.376 e. The molecular formula is C12H15FN2O2S. The van der Waals surface area contributed by atoms with E-state index in [1.54, 1.807) is 11.8 Å². The Hall–Kier alpha value is -1.30. The molecule has 0 bridgehead atoms. The van der Waals surface area contributed by atoms with Crippen LogP contribution in [0.3, 0.4) is 0 Å². The SMILES string of the molecule is CSC1(CNc2c(F)cccc2[N+](=O)[O-])CCC1. The van der Waals surface area contributed by atoms with E-state index in [0.29, 0.717) is 6.54 Å². The fourth-order valence-corrected chi connectivity index (χ4v) is 3.03. The molecule has 1 N–H and O–H groups in total. The summed E-state index contributed by atoms with van der Waals surface area (Å²) in [7, 11) is 0. The second-order valence-electron chi connectivity index (χ2n) is 4.49. The molecule has 1 aliphatic carbocycles. The first-order valence-corrected chi connectivity index (χ1v) is 7.02. The molecule has 2 rings (SSSR count). The third kappa shape index (κ3) is 2.43. The molecule has 0 spiro atoms. The zero-order chi connectivity index (χ0) is 13.2. The van der Waals surface area contributed by atoms with E-state index in [4.69, 9.17) is 0 Å². The van der Waals surface area contributed by atoms with Crippen molar-refractivity contribution in [2.75, 3.05) is 18.1 Å². The average Bonchev–Trinajstić information content (AvgIpc) is 2.29. The van der Waals surface area contributed by atoms with Crippen LogP contribution < -0.4 is 5.32 Å². The first-order valence-electron chi connectivity index (χ1n) is 5.80. The summed E-state index contributed by atoms with van der Waals surface area (Å²) in [4.78, 5) is 10.3. The van der Waals surface area contributed by atoms with E-state index < -0.39 is 10.7 Å². The highest BCUT2D eigenvalue weighted by atomic mass is 32.2. The Morgan fingerprint density at radius 2 is 2.28 bits per heavy atom. The molecule has 0 atom stereocenters. The van der Waals surface area contributed by atoms with Gasteiger partial charge >= 0.3 is 0 Å². The number of para-hydroxylation sites is 1. The molecule has 0 aliphatic heterocycles. The summed E-state index contributed by atoms with van der Waals surface area (Å²) < 4.78 is 13.7. The molecule has 6 heteroatoms. The molecule has 1 aliphatic rings. The van der Waals surface area contributed by atoms with Crippen LogP contribution in [-0.4, -0.2) is 22.5 Å². The summed E-state index contributed by atoms with van der Waals surface area (Å²) in [5.74, 6) is -0.570. The lowest BCUT2D eigenvalue weighted by Crippen LogP contribution is -2.40.